The number of rotatable bonds is 1. The molecular formula is C12H13ClN6. The maximum atomic E-state index is 8.28. The highest BCUT2D eigenvalue weighted by molar-refractivity contribution is 6.29. The zero-order chi connectivity index (χ0) is 13.4. The third kappa shape index (κ3) is 2.08. The Morgan fingerprint density at radius 3 is 3.21 bits per heavy atom. The first-order valence-electron chi connectivity index (χ1n) is 6.04. The molecule has 1 aliphatic carbocycles. The highest BCUT2D eigenvalue weighted by Crippen LogP contribution is 2.24. The van der Waals surface area contributed by atoms with E-state index in [0.717, 1.165) is 30.5 Å². The van der Waals surface area contributed by atoms with Crippen LogP contribution in [0.5, 0.6) is 0 Å². The molecular weight excluding hydrogens is 264 g/mol. The fourth-order valence-corrected chi connectivity index (χ4v) is 2.60. The van der Waals surface area contributed by atoms with E-state index >= 15 is 0 Å². The molecule has 6 nitrogen and oxygen atoms in total. The van der Waals surface area contributed by atoms with Gasteiger partial charge in [-0.15, -0.1) is 0 Å². The van der Waals surface area contributed by atoms with Crippen LogP contribution in [0.15, 0.2) is 18.6 Å². The second-order valence-electron chi connectivity index (χ2n) is 4.64. The molecule has 0 saturated carbocycles. The summed E-state index contributed by atoms with van der Waals surface area (Å²) in [5.41, 5.74) is 2.38. The van der Waals surface area contributed by atoms with Gasteiger partial charge in [0.05, 0.1) is 6.20 Å². The molecule has 2 aromatic heterocycles. The Labute approximate surface area is 114 Å². The summed E-state index contributed by atoms with van der Waals surface area (Å²) < 4.78 is 1.49. The van der Waals surface area contributed by atoms with Gasteiger partial charge in [0.25, 0.3) is 0 Å². The van der Waals surface area contributed by atoms with E-state index in [-0.39, 0.29) is 16.6 Å². The van der Waals surface area contributed by atoms with E-state index in [4.69, 9.17) is 22.4 Å². The van der Waals surface area contributed by atoms with Crippen molar-refractivity contribution in [2.45, 2.75) is 19.3 Å². The SMILES string of the molecule is N=C(C1CCc2[nH]ncc2C1)n1ccnc(Cl)c1=N. The van der Waals surface area contributed by atoms with E-state index in [0.29, 0.717) is 5.84 Å². The lowest BCUT2D eigenvalue weighted by Crippen LogP contribution is -2.34. The predicted molar refractivity (Wildman–Crippen MR) is 70.3 cm³/mol. The van der Waals surface area contributed by atoms with Gasteiger partial charge in [-0.1, -0.05) is 11.6 Å². The normalized spacial score (nSPS) is 18.1. The van der Waals surface area contributed by atoms with Gasteiger partial charge in [-0.2, -0.15) is 5.10 Å². The molecule has 3 N–H and O–H groups in total. The third-order valence-corrected chi connectivity index (χ3v) is 3.78. The van der Waals surface area contributed by atoms with Gasteiger partial charge in [0, 0.05) is 24.0 Å². The molecule has 3 rings (SSSR count). The van der Waals surface area contributed by atoms with E-state index in [1.807, 2.05) is 6.20 Å². The lowest BCUT2D eigenvalue weighted by Gasteiger charge is -2.23. The number of halogens is 1. The van der Waals surface area contributed by atoms with Crippen molar-refractivity contribution >= 4 is 17.4 Å². The Morgan fingerprint density at radius 2 is 2.37 bits per heavy atom. The van der Waals surface area contributed by atoms with E-state index in [1.165, 1.54) is 10.8 Å². The number of aromatic amines is 1. The summed E-state index contributed by atoms with van der Waals surface area (Å²) in [6.45, 7) is 0. The smallest absolute Gasteiger partial charge is 0.171 e. The predicted octanol–water partition coefficient (Wildman–Crippen LogP) is 1.37. The van der Waals surface area contributed by atoms with Gasteiger partial charge >= 0.3 is 0 Å². The summed E-state index contributed by atoms with van der Waals surface area (Å²) in [4.78, 5) is 3.84. The van der Waals surface area contributed by atoms with Gasteiger partial charge in [-0.3, -0.25) is 20.5 Å². The minimum Gasteiger partial charge on any atom is -0.288 e. The molecule has 0 fully saturated rings. The van der Waals surface area contributed by atoms with Crippen LogP contribution in [0, 0.1) is 16.7 Å². The Morgan fingerprint density at radius 1 is 1.53 bits per heavy atom. The molecule has 7 heteroatoms. The average Bonchev–Trinajstić information content (AvgIpc) is 2.88. The monoisotopic (exact) mass is 276 g/mol. The number of aromatic nitrogens is 4. The third-order valence-electron chi connectivity index (χ3n) is 3.50. The number of nitrogens with one attached hydrogen (secondary N) is 3. The molecule has 0 spiro atoms. The number of hydrogen-bond donors (Lipinski definition) is 3. The number of nitrogens with zero attached hydrogens (tertiary/aromatic N) is 3. The van der Waals surface area contributed by atoms with Gasteiger partial charge in [-0.05, 0) is 24.8 Å². The minimum absolute atomic E-state index is 0.0622. The maximum Gasteiger partial charge on any atom is 0.171 e. The van der Waals surface area contributed by atoms with Crippen molar-refractivity contribution in [3.05, 3.63) is 40.5 Å². The van der Waals surface area contributed by atoms with E-state index in [2.05, 4.69) is 15.2 Å². The van der Waals surface area contributed by atoms with Gasteiger partial charge in [0.15, 0.2) is 10.6 Å². The standard InChI is InChI=1S/C12H13ClN6/c13-10-12(15)19(4-3-16-10)11(14)7-1-2-9-8(5-7)6-17-18-9/h3-4,6-7,14-15H,1-2,5H2,(H,17,18). The van der Waals surface area contributed by atoms with Gasteiger partial charge in [0.1, 0.15) is 5.84 Å². The minimum atomic E-state index is 0.0622. The summed E-state index contributed by atoms with van der Waals surface area (Å²) in [5.74, 6) is 0.471. The molecule has 1 atom stereocenters. The summed E-state index contributed by atoms with van der Waals surface area (Å²) >= 11 is 5.83. The van der Waals surface area contributed by atoms with Crippen LogP contribution in [0.2, 0.25) is 5.15 Å². The molecule has 1 unspecified atom stereocenters. The summed E-state index contributed by atoms with van der Waals surface area (Å²) in [6, 6.07) is 0. The van der Waals surface area contributed by atoms with Crippen LogP contribution in [0.4, 0.5) is 0 Å². The maximum absolute atomic E-state index is 8.28. The van der Waals surface area contributed by atoms with E-state index < -0.39 is 0 Å². The van der Waals surface area contributed by atoms with Crippen molar-refractivity contribution < 1.29 is 0 Å². The van der Waals surface area contributed by atoms with Crippen LogP contribution in [0.1, 0.15) is 17.7 Å². The first kappa shape index (κ1) is 12.1. The summed E-state index contributed by atoms with van der Waals surface area (Å²) in [7, 11) is 0. The lowest BCUT2D eigenvalue weighted by molar-refractivity contribution is 0.559. The van der Waals surface area contributed by atoms with Crippen molar-refractivity contribution in [1.82, 2.24) is 19.7 Å². The molecule has 0 amide bonds. The Kier molecular flexibility index (Phi) is 2.94. The molecule has 0 bridgehead atoms. The first-order valence-corrected chi connectivity index (χ1v) is 6.42. The molecule has 1 aliphatic rings. The average molecular weight is 277 g/mol. The Hall–Kier alpha value is -1.95. The van der Waals surface area contributed by atoms with E-state index in [1.54, 1.807) is 6.20 Å². The fourth-order valence-electron chi connectivity index (χ4n) is 2.45. The van der Waals surface area contributed by atoms with Gasteiger partial charge in [0.2, 0.25) is 0 Å². The van der Waals surface area contributed by atoms with Crippen molar-refractivity contribution in [2.75, 3.05) is 0 Å². The Balaban J connectivity index is 1.90. The van der Waals surface area contributed by atoms with Crippen LogP contribution >= 0.6 is 11.6 Å². The second kappa shape index (κ2) is 4.62. The van der Waals surface area contributed by atoms with E-state index in [9.17, 15) is 0 Å². The van der Waals surface area contributed by atoms with Crippen molar-refractivity contribution in [1.29, 1.82) is 10.8 Å². The van der Waals surface area contributed by atoms with Crippen LogP contribution in [0.3, 0.4) is 0 Å². The molecule has 0 saturated heterocycles. The molecule has 0 aliphatic heterocycles. The van der Waals surface area contributed by atoms with Crippen molar-refractivity contribution in [3.8, 4) is 0 Å². The number of hydrogen-bond acceptors (Lipinski definition) is 4. The van der Waals surface area contributed by atoms with Crippen molar-refractivity contribution in [2.24, 2.45) is 5.92 Å². The zero-order valence-corrected chi connectivity index (χ0v) is 10.9. The number of fused-ring (bicyclic) bond motifs is 1. The number of H-pyrrole nitrogens is 1. The van der Waals surface area contributed by atoms with Crippen molar-refractivity contribution in [3.63, 3.8) is 0 Å². The topological polar surface area (TPSA) is 94.2 Å². The summed E-state index contributed by atoms with van der Waals surface area (Å²) in [6.07, 6.45) is 7.48. The lowest BCUT2D eigenvalue weighted by atomic mass is 9.87. The molecule has 0 aromatic carbocycles. The fraction of sp³-hybridized carbons (Fsp3) is 0.333. The largest absolute Gasteiger partial charge is 0.288 e. The number of aryl methyl sites for hydroxylation is 1. The molecule has 2 aromatic rings. The van der Waals surface area contributed by atoms with Crippen LogP contribution in [0.25, 0.3) is 0 Å². The van der Waals surface area contributed by atoms with Crippen LogP contribution < -0.4 is 5.49 Å². The second-order valence-corrected chi connectivity index (χ2v) is 4.99. The quantitative estimate of drug-likeness (QED) is 0.542. The highest BCUT2D eigenvalue weighted by atomic mass is 35.5. The molecule has 19 heavy (non-hydrogen) atoms. The van der Waals surface area contributed by atoms with Crippen LogP contribution in [-0.4, -0.2) is 25.6 Å². The molecule has 2 heterocycles. The van der Waals surface area contributed by atoms with Gasteiger partial charge in [-0.25, -0.2) is 4.98 Å². The zero-order valence-electron chi connectivity index (χ0n) is 10.2. The summed E-state index contributed by atoms with van der Waals surface area (Å²) in [5, 5.41) is 23.3. The highest BCUT2D eigenvalue weighted by Gasteiger charge is 2.24. The van der Waals surface area contributed by atoms with Gasteiger partial charge < -0.3 is 0 Å². The molecule has 98 valence electrons. The van der Waals surface area contributed by atoms with Crippen LogP contribution in [-0.2, 0) is 12.8 Å². The Bertz CT molecular complexity index is 686. The first-order chi connectivity index (χ1) is 9.16. The molecule has 0 radical (unpaired) electrons.